The standard InChI is InChI=1S/C15H22FNO2/c1-2-13(15-4-3-9-19-15)17-10-14(18)11-5-7-12(16)8-6-11/h5-8,13-15,17-18H,2-4,9-10H2,1H3/t13-,14+,15-/m0/s1. The summed E-state index contributed by atoms with van der Waals surface area (Å²) in [6, 6.07) is 6.26. The first-order chi connectivity index (χ1) is 9.20. The molecule has 1 aliphatic rings. The van der Waals surface area contributed by atoms with Crippen molar-refractivity contribution < 1.29 is 14.2 Å². The van der Waals surface area contributed by atoms with Gasteiger partial charge in [0.2, 0.25) is 0 Å². The van der Waals surface area contributed by atoms with Gasteiger partial charge in [0.1, 0.15) is 5.82 Å². The van der Waals surface area contributed by atoms with Crippen LogP contribution in [0.5, 0.6) is 0 Å². The molecule has 3 nitrogen and oxygen atoms in total. The third-order valence-corrected chi connectivity index (χ3v) is 3.68. The number of nitrogens with one attached hydrogen (secondary N) is 1. The second-order valence-electron chi connectivity index (χ2n) is 5.04. The summed E-state index contributed by atoms with van der Waals surface area (Å²) in [6.07, 6.45) is 2.81. The molecule has 0 unspecified atom stereocenters. The van der Waals surface area contributed by atoms with Crippen LogP contribution < -0.4 is 5.32 Å². The summed E-state index contributed by atoms with van der Waals surface area (Å²) in [4.78, 5) is 0. The van der Waals surface area contributed by atoms with Crippen molar-refractivity contribution in [1.29, 1.82) is 0 Å². The summed E-state index contributed by atoms with van der Waals surface area (Å²) in [5.74, 6) is -0.283. The first-order valence-electron chi connectivity index (χ1n) is 6.99. The number of ether oxygens (including phenoxy) is 1. The number of aliphatic hydroxyl groups excluding tert-OH is 1. The zero-order valence-corrected chi connectivity index (χ0v) is 11.3. The Balaban J connectivity index is 1.84. The van der Waals surface area contributed by atoms with Gasteiger partial charge in [-0.05, 0) is 37.0 Å². The fourth-order valence-electron chi connectivity index (χ4n) is 2.52. The highest BCUT2D eigenvalue weighted by molar-refractivity contribution is 5.18. The van der Waals surface area contributed by atoms with E-state index in [-0.39, 0.29) is 18.0 Å². The predicted molar refractivity (Wildman–Crippen MR) is 72.4 cm³/mol. The van der Waals surface area contributed by atoms with Crippen molar-refractivity contribution in [1.82, 2.24) is 5.32 Å². The van der Waals surface area contributed by atoms with Gasteiger partial charge in [-0.3, -0.25) is 0 Å². The van der Waals surface area contributed by atoms with Gasteiger partial charge in [0.05, 0.1) is 12.2 Å². The van der Waals surface area contributed by atoms with Crippen LogP contribution in [0.4, 0.5) is 4.39 Å². The average Bonchev–Trinajstić information content (AvgIpc) is 2.94. The van der Waals surface area contributed by atoms with Crippen LogP contribution in [0.2, 0.25) is 0 Å². The molecule has 0 amide bonds. The van der Waals surface area contributed by atoms with E-state index >= 15 is 0 Å². The van der Waals surface area contributed by atoms with Crippen LogP contribution in [0, 0.1) is 5.82 Å². The van der Waals surface area contributed by atoms with E-state index in [1.807, 2.05) is 0 Å². The van der Waals surface area contributed by atoms with E-state index < -0.39 is 6.10 Å². The molecule has 19 heavy (non-hydrogen) atoms. The molecule has 2 N–H and O–H groups in total. The molecule has 1 aromatic rings. The minimum atomic E-state index is -0.615. The van der Waals surface area contributed by atoms with Gasteiger partial charge in [-0.1, -0.05) is 19.1 Å². The molecular formula is C15H22FNO2. The van der Waals surface area contributed by atoms with Gasteiger partial charge in [0, 0.05) is 19.2 Å². The summed E-state index contributed by atoms with van der Waals surface area (Å²) in [5, 5.41) is 13.4. The lowest BCUT2D eigenvalue weighted by atomic mass is 10.0. The molecule has 1 saturated heterocycles. The molecule has 2 rings (SSSR count). The van der Waals surface area contributed by atoms with Crippen LogP contribution in [0.25, 0.3) is 0 Å². The minimum Gasteiger partial charge on any atom is -0.387 e. The largest absolute Gasteiger partial charge is 0.387 e. The van der Waals surface area contributed by atoms with Gasteiger partial charge in [-0.15, -0.1) is 0 Å². The lowest BCUT2D eigenvalue weighted by molar-refractivity contribution is 0.0698. The Labute approximate surface area is 113 Å². The molecule has 106 valence electrons. The molecule has 0 saturated carbocycles. The van der Waals surface area contributed by atoms with Crippen LogP contribution in [-0.4, -0.2) is 30.4 Å². The number of aliphatic hydroxyl groups is 1. The zero-order valence-electron chi connectivity index (χ0n) is 11.3. The lowest BCUT2D eigenvalue weighted by Crippen LogP contribution is -2.41. The molecule has 1 heterocycles. The molecule has 4 heteroatoms. The summed E-state index contributed by atoms with van der Waals surface area (Å²) in [7, 11) is 0. The molecule has 3 atom stereocenters. The highest BCUT2D eigenvalue weighted by Crippen LogP contribution is 2.19. The van der Waals surface area contributed by atoms with E-state index in [2.05, 4.69) is 12.2 Å². The average molecular weight is 267 g/mol. The molecule has 0 bridgehead atoms. The Hall–Kier alpha value is -0.970. The Morgan fingerprint density at radius 1 is 1.42 bits per heavy atom. The van der Waals surface area contributed by atoms with Gasteiger partial charge >= 0.3 is 0 Å². The molecule has 1 aromatic carbocycles. The highest BCUT2D eigenvalue weighted by atomic mass is 19.1. The van der Waals surface area contributed by atoms with E-state index in [4.69, 9.17) is 4.74 Å². The Bertz CT molecular complexity index is 376. The smallest absolute Gasteiger partial charge is 0.123 e. The Morgan fingerprint density at radius 3 is 2.74 bits per heavy atom. The van der Waals surface area contributed by atoms with Crippen LogP contribution in [0.1, 0.15) is 37.9 Å². The predicted octanol–water partition coefficient (Wildman–Crippen LogP) is 2.41. The number of hydrogen-bond donors (Lipinski definition) is 2. The lowest BCUT2D eigenvalue weighted by Gasteiger charge is -2.24. The second-order valence-corrected chi connectivity index (χ2v) is 5.04. The molecule has 0 spiro atoms. The highest BCUT2D eigenvalue weighted by Gasteiger charge is 2.24. The Morgan fingerprint density at radius 2 is 2.16 bits per heavy atom. The monoisotopic (exact) mass is 267 g/mol. The maximum Gasteiger partial charge on any atom is 0.123 e. The van der Waals surface area contributed by atoms with Crippen LogP contribution in [0.3, 0.4) is 0 Å². The number of hydrogen-bond acceptors (Lipinski definition) is 3. The van der Waals surface area contributed by atoms with Gasteiger partial charge in [0.15, 0.2) is 0 Å². The molecule has 1 fully saturated rings. The van der Waals surface area contributed by atoms with Crippen molar-refractivity contribution >= 4 is 0 Å². The fourth-order valence-corrected chi connectivity index (χ4v) is 2.52. The third-order valence-electron chi connectivity index (χ3n) is 3.68. The van der Waals surface area contributed by atoms with Crippen molar-refractivity contribution in [3.05, 3.63) is 35.6 Å². The van der Waals surface area contributed by atoms with E-state index in [0.717, 1.165) is 31.4 Å². The van der Waals surface area contributed by atoms with Gasteiger partial charge in [-0.2, -0.15) is 0 Å². The van der Waals surface area contributed by atoms with Crippen molar-refractivity contribution in [2.75, 3.05) is 13.2 Å². The van der Waals surface area contributed by atoms with E-state index in [9.17, 15) is 9.50 Å². The van der Waals surface area contributed by atoms with Gasteiger partial charge < -0.3 is 15.2 Å². The van der Waals surface area contributed by atoms with Crippen molar-refractivity contribution in [2.45, 2.75) is 44.4 Å². The molecule has 0 aromatic heterocycles. The first-order valence-corrected chi connectivity index (χ1v) is 6.99. The molecule has 0 aliphatic carbocycles. The summed E-state index contributed by atoms with van der Waals surface area (Å²) in [5.41, 5.74) is 0.732. The minimum absolute atomic E-state index is 0.255. The SMILES string of the molecule is CC[C@H](NC[C@@H](O)c1ccc(F)cc1)[C@@H]1CCCO1. The van der Waals surface area contributed by atoms with E-state index in [1.54, 1.807) is 12.1 Å². The number of benzene rings is 1. The summed E-state index contributed by atoms with van der Waals surface area (Å²) < 4.78 is 18.5. The summed E-state index contributed by atoms with van der Waals surface area (Å²) >= 11 is 0. The molecule has 1 aliphatic heterocycles. The fraction of sp³-hybridized carbons (Fsp3) is 0.600. The second kappa shape index (κ2) is 6.98. The zero-order chi connectivity index (χ0) is 13.7. The van der Waals surface area contributed by atoms with Gasteiger partial charge in [0.25, 0.3) is 0 Å². The molecular weight excluding hydrogens is 245 g/mol. The van der Waals surface area contributed by atoms with Crippen molar-refractivity contribution in [3.63, 3.8) is 0 Å². The van der Waals surface area contributed by atoms with Crippen LogP contribution in [-0.2, 0) is 4.74 Å². The number of halogens is 1. The third kappa shape index (κ3) is 4.00. The summed E-state index contributed by atoms with van der Waals surface area (Å²) in [6.45, 7) is 3.41. The van der Waals surface area contributed by atoms with Crippen molar-refractivity contribution in [2.24, 2.45) is 0 Å². The normalized spacial score (nSPS) is 22.4. The maximum absolute atomic E-state index is 12.8. The first kappa shape index (κ1) is 14.4. The van der Waals surface area contributed by atoms with Crippen LogP contribution in [0.15, 0.2) is 24.3 Å². The maximum atomic E-state index is 12.8. The van der Waals surface area contributed by atoms with Crippen LogP contribution >= 0.6 is 0 Å². The quantitative estimate of drug-likeness (QED) is 0.831. The topological polar surface area (TPSA) is 41.5 Å². The van der Waals surface area contributed by atoms with E-state index in [1.165, 1.54) is 12.1 Å². The number of rotatable bonds is 6. The molecule has 0 radical (unpaired) electrons. The van der Waals surface area contributed by atoms with E-state index in [0.29, 0.717) is 6.54 Å². The van der Waals surface area contributed by atoms with Gasteiger partial charge in [-0.25, -0.2) is 4.39 Å². The Kier molecular flexibility index (Phi) is 5.31. The van der Waals surface area contributed by atoms with Crippen molar-refractivity contribution in [3.8, 4) is 0 Å².